The van der Waals surface area contributed by atoms with Crippen LogP contribution in [0.2, 0.25) is 5.02 Å². The van der Waals surface area contributed by atoms with Gasteiger partial charge in [-0.15, -0.1) is 0 Å². The minimum Gasteiger partial charge on any atom is -0.483 e. The number of carbonyl (C=O) groups excluding carboxylic acids is 2. The molecule has 33 heavy (non-hydrogen) atoms. The second-order valence-electron chi connectivity index (χ2n) is 6.42. The number of esters is 1. The smallest absolute Gasteiger partial charge is 0.343 e. The lowest BCUT2D eigenvalue weighted by Gasteiger charge is -2.07. The second-order valence-corrected chi connectivity index (χ2v) is 7.71. The fourth-order valence-corrected chi connectivity index (χ4v) is 3.25. The van der Waals surface area contributed by atoms with E-state index in [1.54, 1.807) is 42.5 Å². The first kappa shape index (κ1) is 23.9. The molecule has 0 heterocycles. The lowest BCUT2D eigenvalue weighted by atomic mass is 10.2. The van der Waals surface area contributed by atoms with E-state index in [9.17, 15) is 19.7 Å². The summed E-state index contributed by atoms with van der Waals surface area (Å²) in [6, 6.07) is 16.4. The standard InChI is InChI=1S/C22H15BrClN3O6/c23-19-11-16(24)5-10-20(19)32-13-21(28)26-25-12-14-1-8-18(9-2-14)33-22(29)15-3-6-17(7-4-15)27(30)31/h1-12H,13H2,(H,26,28). The highest BCUT2D eigenvalue weighted by atomic mass is 79.9. The van der Waals surface area contributed by atoms with E-state index >= 15 is 0 Å². The summed E-state index contributed by atoms with van der Waals surface area (Å²) >= 11 is 9.15. The van der Waals surface area contributed by atoms with E-state index in [0.29, 0.717) is 20.8 Å². The number of rotatable bonds is 8. The van der Waals surface area contributed by atoms with Crippen LogP contribution in [0.3, 0.4) is 0 Å². The summed E-state index contributed by atoms with van der Waals surface area (Å²) in [6.07, 6.45) is 1.41. The maximum atomic E-state index is 12.1. The molecule has 1 amide bonds. The van der Waals surface area contributed by atoms with Crippen molar-refractivity contribution in [2.45, 2.75) is 0 Å². The Balaban J connectivity index is 1.47. The molecule has 0 fully saturated rings. The van der Waals surface area contributed by atoms with Crippen LogP contribution in [0.25, 0.3) is 0 Å². The normalized spacial score (nSPS) is 10.6. The van der Waals surface area contributed by atoms with Gasteiger partial charge in [0, 0.05) is 17.2 Å². The molecule has 0 spiro atoms. The molecule has 0 aliphatic rings. The maximum absolute atomic E-state index is 12.1. The highest BCUT2D eigenvalue weighted by molar-refractivity contribution is 9.10. The highest BCUT2D eigenvalue weighted by Crippen LogP contribution is 2.27. The molecule has 0 aliphatic carbocycles. The van der Waals surface area contributed by atoms with Gasteiger partial charge in [0.15, 0.2) is 6.61 Å². The van der Waals surface area contributed by atoms with E-state index in [2.05, 4.69) is 26.5 Å². The zero-order valence-corrected chi connectivity index (χ0v) is 19.1. The predicted molar refractivity (Wildman–Crippen MR) is 125 cm³/mol. The van der Waals surface area contributed by atoms with Gasteiger partial charge in [0.1, 0.15) is 11.5 Å². The van der Waals surface area contributed by atoms with Crippen LogP contribution in [-0.4, -0.2) is 29.6 Å². The van der Waals surface area contributed by atoms with Crippen molar-refractivity contribution in [1.82, 2.24) is 5.43 Å². The lowest BCUT2D eigenvalue weighted by Crippen LogP contribution is -2.24. The average Bonchev–Trinajstić information content (AvgIpc) is 2.79. The van der Waals surface area contributed by atoms with Gasteiger partial charge in [-0.25, -0.2) is 10.2 Å². The molecule has 1 N–H and O–H groups in total. The van der Waals surface area contributed by atoms with E-state index in [-0.39, 0.29) is 23.6 Å². The quantitative estimate of drug-likeness (QED) is 0.147. The van der Waals surface area contributed by atoms with Crippen LogP contribution < -0.4 is 14.9 Å². The number of halogens is 2. The number of nitrogens with zero attached hydrogens (tertiary/aromatic N) is 2. The lowest BCUT2D eigenvalue weighted by molar-refractivity contribution is -0.384. The minimum absolute atomic E-state index is 0.119. The van der Waals surface area contributed by atoms with Crippen molar-refractivity contribution in [3.63, 3.8) is 0 Å². The average molecular weight is 533 g/mol. The molecular formula is C22H15BrClN3O6. The Morgan fingerprint density at radius 1 is 1.09 bits per heavy atom. The molecular weight excluding hydrogens is 518 g/mol. The third kappa shape index (κ3) is 7.13. The number of hydrazone groups is 1. The molecule has 0 aliphatic heterocycles. The van der Waals surface area contributed by atoms with E-state index in [1.165, 1.54) is 30.5 Å². The maximum Gasteiger partial charge on any atom is 0.343 e. The first-order chi connectivity index (χ1) is 15.8. The number of nitro groups is 1. The first-order valence-electron chi connectivity index (χ1n) is 9.28. The first-order valence-corrected chi connectivity index (χ1v) is 10.5. The van der Waals surface area contributed by atoms with E-state index in [1.807, 2.05) is 0 Å². The molecule has 0 radical (unpaired) electrons. The monoisotopic (exact) mass is 531 g/mol. The molecule has 0 atom stereocenters. The van der Waals surface area contributed by atoms with Gasteiger partial charge in [-0.2, -0.15) is 5.10 Å². The van der Waals surface area contributed by atoms with Crippen LogP contribution in [0.4, 0.5) is 5.69 Å². The van der Waals surface area contributed by atoms with Crippen molar-refractivity contribution in [2.75, 3.05) is 6.61 Å². The number of nitro benzene ring substituents is 1. The van der Waals surface area contributed by atoms with Crippen molar-refractivity contribution in [3.05, 3.63) is 97.5 Å². The third-order valence-electron chi connectivity index (χ3n) is 4.06. The largest absolute Gasteiger partial charge is 0.483 e. The van der Waals surface area contributed by atoms with Gasteiger partial charge in [0.05, 0.1) is 21.2 Å². The number of non-ortho nitro benzene ring substituents is 1. The van der Waals surface area contributed by atoms with Crippen molar-refractivity contribution >= 4 is 51.3 Å². The summed E-state index contributed by atoms with van der Waals surface area (Å²) in [5.74, 6) is -0.355. The molecule has 3 rings (SSSR count). The summed E-state index contributed by atoms with van der Waals surface area (Å²) in [6.45, 7) is -0.241. The van der Waals surface area contributed by atoms with Crippen molar-refractivity contribution in [1.29, 1.82) is 0 Å². The Labute approximate surface area is 201 Å². The summed E-state index contributed by atoms with van der Waals surface area (Å²) in [4.78, 5) is 34.1. The Kier molecular flexibility index (Phi) is 8.11. The Morgan fingerprint density at radius 2 is 1.79 bits per heavy atom. The minimum atomic E-state index is -0.647. The molecule has 0 saturated carbocycles. The van der Waals surface area contributed by atoms with Crippen LogP contribution in [0.1, 0.15) is 15.9 Å². The molecule has 9 nitrogen and oxygen atoms in total. The summed E-state index contributed by atoms with van der Waals surface area (Å²) < 4.78 is 11.3. The van der Waals surface area contributed by atoms with Gasteiger partial charge in [0.2, 0.25) is 0 Å². The number of benzene rings is 3. The summed E-state index contributed by atoms with van der Waals surface area (Å²) in [5, 5.41) is 15.1. The van der Waals surface area contributed by atoms with Gasteiger partial charge in [-0.3, -0.25) is 14.9 Å². The molecule has 3 aromatic rings. The van der Waals surface area contributed by atoms with Gasteiger partial charge in [0.25, 0.3) is 11.6 Å². The molecule has 0 unspecified atom stereocenters. The highest BCUT2D eigenvalue weighted by Gasteiger charge is 2.11. The Bertz CT molecular complexity index is 1200. The molecule has 11 heteroatoms. The zero-order chi connectivity index (χ0) is 23.8. The molecule has 0 aromatic heterocycles. The predicted octanol–water partition coefficient (Wildman–Crippen LogP) is 4.76. The number of hydrogen-bond acceptors (Lipinski definition) is 7. The van der Waals surface area contributed by atoms with Gasteiger partial charge >= 0.3 is 5.97 Å². The van der Waals surface area contributed by atoms with Crippen LogP contribution in [-0.2, 0) is 4.79 Å². The van der Waals surface area contributed by atoms with Crippen LogP contribution in [0, 0.1) is 10.1 Å². The van der Waals surface area contributed by atoms with Gasteiger partial charge < -0.3 is 9.47 Å². The summed E-state index contributed by atoms with van der Waals surface area (Å²) in [7, 11) is 0. The number of carbonyl (C=O) groups is 2. The van der Waals surface area contributed by atoms with Gasteiger partial charge in [-0.05, 0) is 76.1 Å². The molecule has 0 bridgehead atoms. The number of amides is 1. The summed E-state index contributed by atoms with van der Waals surface area (Å²) in [5.41, 5.74) is 3.05. The van der Waals surface area contributed by atoms with Crippen LogP contribution in [0.5, 0.6) is 11.5 Å². The number of hydrogen-bond donors (Lipinski definition) is 1. The fourth-order valence-electron chi connectivity index (χ4n) is 2.45. The second kappa shape index (κ2) is 11.2. The number of nitrogens with one attached hydrogen (secondary N) is 1. The molecule has 3 aromatic carbocycles. The van der Waals surface area contributed by atoms with E-state index < -0.39 is 16.8 Å². The van der Waals surface area contributed by atoms with E-state index in [0.717, 1.165) is 0 Å². The third-order valence-corrected chi connectivity index (χ3v) is 4.91. The Hall–Kier alpha value is -3.76. The van der Waals surface area contributed by atoms with E-state index in [4.69, 9.17) is 21.1 Å². The van der Waals surface area contributed by atoms with Crippen molar-refractivity contribution in [2.24, 2.45) is 5.10 Å². The topological polar surface area (TPSA) is 120 Å². The zero-order valence-electron chi connectivity index (χ0n) is 16.7. The van der Waals surface area contributed by atoms with Crippen molar-refractivity contribution < 1.29 is 24.0 Å². The SMILES string of the molecule is O=C(COc1ccc(Cl)cc1Br)NN=Cc1ccc(OC(=O)c2ccc([N+](=O)[O-])cc2)cc1. The Morgan fingerprint density at radius 3 is 2.42 bits per heavy atom. The number of ether oxygens (including phenoxy) is 2. The molecule has 0 saturated heterocycles. The van der Waals surface area contributed by atoms with Crippen LogP contribution in [0.15, 0.2) is 76.3 Å². The van der Waals surface area contributed by atoms with Crippen LogP contribution >= 0.6 is 27.5 Å². The van der Waals surface area contributed by atoms with Crippen molar-refractivity contribution in [3.8, 4) is 11.5 Å². The molecule has 168 valence electrons. The fraction of sp³-hybridized carbons (Fsp3) is 0.0455. The van der Waals surface area contributed by atoms with Gasteiger partial charge in [-0.1, -0.05) is 11.6 Å².